The molecule has 0 aliphatic rings. The molecule has 6 nitrogen and oxygen atoms in total. The van der Waals surface area contributed by atoms with Gasteiger partial charge in [-0.15, -0.1) is 0 Å². The number of nitrogens with zero attached hydrogens (tertiary/aromatic N) is 3. The zero-order valence-corrected chi connectivity index (χ0v) is 12.5. The van der Waals surface area contributed by atoms with E-state index in [2.05, 4.69) is 15.4 Å². The van der Waals surface area contributed by atoms with E-state index >= 15 is 0 Å². The van der Waals surface area contributed by atoms with Gasteiger partial charge in [0.15, 0.2) is 5.65 Å². The Balaban J connectivity index is 1.80. The zero-order chi connectivity index (χ0) is 15.3. The van der Waals surface area contributed by atoms with Crippen LogP contribution in [0.3, 0.4) is 0 Å². The van der Waals surface area contributed by atoms with E-state index in [-0.39, 0.29) is 0 Å². The molecule has 0 bridgehead atoms. The summed E-state index contributed by atoms with van der Waals surface area (Å²) >= 11 is 0. The highest BCUT2D eigenvalue weighted by atomic mass is 16.6. The number of imidazole rings is 1. The fourth-order valence-corrected chi connectivity index (χ4v) is 1.74. The zero-order valence-electron chi connectivity index (χ0n) is 12.5. The van der Waals surface area contributed by atoms with E-state index in [1.54, 1.807) is 16.9 Å². The molecule has 2 rings (SSSR count). The van der Waals surface area contributed by atoms with Crippen LogP contribution in [0, 0.1) is 0 Å². The standard InChI is InChI=1S/C15H20N4O2/c1-15(2,3)21-14(20)16-9-5-4-7-12-11-17-13-8-6-10-18-19(12)13/h4,6-8,10-11H,5,9H2,1-3H3,(H,16,20). The molecule has 2 aromatic heterocycles. The summed E-state index contributed by atoms with van der Waals surface area (Å²) in [6, 6.07) is 3.75. The largest absolute Gasteiger partial charge is 0.444 e. The van der Waals surface area contributed by atoms with E-state index in [0.29, 0.717) is 13.0 Å². The Morgan fingerprint density at radius 3 is 3.05 bits per heavy atom. The predicted molar refractivity (Wildman–Crippen MR) is 80.9 cm³/mol. The Morgan fingerprint density at radius 2 is 2.29 bits per heavy atom. The molecule has 0 spiro atoms. The quantitative estimate of drug-likeness (QED) is 0.878. The number of hydrogen-bond donors (Lipinski definition) is 1. The number of aromatic nitrogens is 3. The maximum atomic E-state index is 11.4. The van der Waals surface area contributed by atoms with Gasteiger partial charge in [-0.1, -0.05) is 6.08 Å². The molecule has 2 aromatic rings. The van der Waals surface area contributed by atoms with Crippen LogP contribution in [-0.4, -0.2) is 32.8 Å². The normalized spacial score (nSPS) is 12.0. The highest BCUT2D eigenvalue weighted by molar-refractivity contribution is 5.67. The van der Waals surface area contributed by atoms with Crippen molar-refractivity contribution in [3.8, 4) is 0 Å². The molecule has 0 saturated carbocycles. The number of amides is 1. The highest BCUT2D eigenvalue weighted by Gasteiger charge is 2.15. The molecule has 0 aliphatic carbocycles. The number of rotatable bonds is 4. The second-order valence-corrected chi connectivity index (χ2v) is 5.60. The van der Waals surface area contributed by atoms with Crippen LogP contribution in [0.5, 0.6) is 0 Å². The lowest BCUT2D eigenvalue weighted by Gasteiger charge is -2.19. The van der Waals surface area contributed by atoms with E-state index in [1.165, 1.54) is 0 Å². The monoisotopic (exact) mass is 288 g/mol. The Hall–Kier alpha value is -2.37. The summed E-state index contributed by atoms with van der Waals surface area (Å²) in [6.45, 7) is 6.04. The maximum Gasteiger partial charge on any atom is 0.407 e. The van der Waals surface area contributed by atoms with Gasteiger partial charge in [-0.2, -0.15) is 5.10 Å². The summed E-state index contributed by atoms with van der Waals surface area (Å²) in [5.41, 5.74) is 1.24. The molecular weight excluding hydrogens is 268 g/mol. The third kappa shape index (κ3) is 4.59. The molecule has 1 amide bonds. The first-order chi connectivity index (χ1) is 9.96. The molecule has 0 aromatic carbocycles. The lowest BCUT2D eigenvalue weighted by atomic mass is 10.2. The Labute approximate surface area is 123 Å². The topological polar surface area (TPSA) is 68.5 Å². The molecular formula is C15H20N4O2. The van der Waals surface area contributed by atoms with Crippen molar-refractivity contribution in [2.75, 3.05) is 6.54 Å². The van der Waals surface area contributed by atoms with Crippen LogP contribution in [0.4, 0.5) is 4.79 Å². The van der Waals surface area contributed by atoms with Gasteiger partial charge in [0.2, 0.25) is 0 Å². The highest BCUT2D eigenvalue weighted by Crippen LogP contribution is 2.07. The molecule has 6 heteroatoms. The molecule has 112 valence electrons. The van der Waals surface area contributed by atoms with E-state index in [9.17, 15) is 4.79 Å². The van der Waals surface area contributed by atoms with Crippen molar-refractivity contribution in [3.05, 3.63) is 36.3 Å². The van der Waals surface area contributed by atoms with Crippen molar-refractivity contribution < 1.29 is 9.53 Å². The minimum Gasteiger partial charge on any atom is -0.444 e. The van der Waals surface area contributed by atoms with E-state index in [0.717, 1.165) is 11.3 Å². The summed E-state index contributed by atoms with van der Waals surface area (Å²) in [7, 11) is 0. The van der Waals surface area contributed by atoms with Crippen molar-refractivity contribution in [1.82, 2.24) is 19.9 Å². The van der Waals surface area contributed by atoms with Crippen LogP contribution in [0.25, 0.3) is 11.7 Å². The molecule has 0 saturated heterocycles. The van der Waals surface area contributed by atoms with Gasteiger partial charge >= 0.3 is 6.09 Å². The van der Waals surface area contributed by atoms with Gasteiger partial charge in [0, 0.05) is 12.7 Å². The Morgan fingerprint density at radius 1 is 1.48 bits per heavy atom. The SMILES string of the molecule is CC(C)(C)OC(=O)NCCC=Cc1cnc2cccnn12. The number of ether oxygens (including phenoxy) is 1. The number of carbonyl (C=O) groups is 1. The first-order valence-corrected chi connectivity index (χ1v) is 6.88. The van der Waals surface area contributed by atoms with Crippen molar-refractivity contribution in [2.24, 2.45) is 0 Å². The molecule has 2 heterocycles. The number of carbonyl (C=O) groups excluding carboxylic acids is 1. The average Bonchev–Trinajstić information content (AvgIpc) is 2.80. The molecule has 0 radical (unpaired) electrons. The fraction of sp³-hybridized carbons (Fsp3) is 0.400. The lowest BCUT2D eigenvalue weighted by Crippen LogP contribution is -2.32. The first kappa shape index (κ1) is 15.0. The number of fused-ring (bicyclic) bond motifs is 1. The van der Waals surface area contributed by atoms with Gasteiger partial charge in [0.1, 0.15) is 5.60 Å². The molecule has 0 unspecified atom stereocenters. The maximum absolute atomic E-state index is 11.4. The van der Waals surface area contributed by atoms with Gasteiger partial charge in [-0.25, -0.2) is 14.3 Å². The summed E-state index contributed by atoms with van der Waals surface area (Å²) in [4.78, 5) is 15.7. The second kappa shape index (κ2) is 6.39. The lowest BCUT2D eigenvalue weighted by molar-refractivity contribution is 0.0529. The van der Waals surface area contributed by atoms with Gasteiger partial charge < -0.3 is 10.1 Å². The van der Waals surface area contributed by atoms with Gasteiger partial charge in [-0.3, -0.25) is 0 Å². The van der Waals surface area contributed by atoms with E-state index in [1.807, 2.05) is 45.1 Å². The minimum absolute atomic E-state index is 0.396. The number of alkyl carbamates (subject to hydrolysis) is 1. The van der Waals surface area contributed by atoms with Gasteiger partial charge in [0.25, 0.3) is 0 Å². The molecule has 0 aliphatic heterocycles. The van der Waals surface area contributed by atoms with Gasteiger partial charge in [0.05, 0.1) is 11.9 Å². The summed E-state index contributed by atoms with van der Waals surface area (Å²) < 4.78 is 6.91. The molecule has 0 atom stereocenters. The summed E-state index contributed by atoms with van der Waals surface area (Å²) in [6.07, 6.45) is 7.70. The van der Waals surface area contributed by atoms with Crippen molar-refractivity contribution in [1.29, 1.82) is 0 Å². The van der Waals surface area contributed by atoms with Crippen LogP contribution in [0.1, 0.15) is 32.9 Å². The van der Waals surface area contributed by atoms with Crippen LogP contribution in [-0.2, 0) is 4.74 Å². The minimum atomic E-state index is -0.470. The van der Waals surface area contributed by atoms with Crippen LogP contribution >= 0.6 is 0 Å². The second-order valence-electron chi connectivity index (χ2n) is 5.60. The average molecular weight is 288 g/mol. The van der Waals surface area contributed by atoms with Crippen LogP contribution in [0.15, 0.2) is 30.6 Å². The number of nitrogens with one attached hydrogen (secondary N) is 1. The number of hydrogen-bond acceptors (Lipinski definition) is 4. The van der Waals surface area contributed by atoms with Crippen molar-refractivity contribution >= 4 is 17.8 Å². The summed E-state index contributed by atoms with van der Waals surface area (Å²) in [5, 5.41) is 6.93. The van der Waals surface area contributed by atoms with E-state index < -0.39 is 11.7 Å². The Kier molecular flexibility index (Phi) is 4.57. The van der Waals surface area contributed by atoms with Crippen LogP contribution in [0.2, 0.25) is 0 Å². The van der Waals surface area contributed by atoms with Crippen LogP contribution < -0.4 is 5.32 Å². The molecule has 1 N–H and O–H groups in total. The van der Waals surface area contributed by atoms with Crippen molar-refractivity contribution in [2.45, 2.75) is 32.8 Å². The third-order valence-corrected chi connectivity index (χ3v) is 2.57. The summed E-state index contributed by atoms with van der Waals surface area (Å²) in [5.74, 6) is 0. The van der Waals surface area contributed by atoms with E-state index in [4.69, 9.17) is 4.74 Å². The molecule has 0 fully saturated rings. The van der Waals surface area contributed by atoms with Crippen molar-refractivity contribution in [3.63, 3.8) is 0 Å². The first-order valence-electron chi connectivity index (χ1n) is 6.88. The Bertz CT molecular complexity index is 640. The smallest absolute Gasteiger partial charge is 0.407 e. The predicted octanol–water partition coefficient (Wildman–Crippen LogP) is 2.66. The molecule has 21 heavy (non-hydrogen) atoms. The van der Waals surface area contributed by atoms with Gasteiger partial charge in [-0.05, 0) is 45.4 Å². The fourth-order valence-electron chi connectivity index (χ4n) is 1.74. The third-order valence-electron chi connectivity index (χ3n) is 2.57.